The Morgan fingerprint density at radius 1 is 0.875 bits per heavy atom. The number of unbranched alkanes of at least 4 members (excludes halogenated alkanes) is 4. The molecule has 0 bridgehead atoms. The van der Waals surface area contributed by atoms with Crippen molar-refractivity contribution < 1.29 is 0 Å². The van der Waals surface area contributed by atoms with Crippen LogP contribution in [0.1, 0.15) is 50.2 Å². The highest BCUT2D eigenvalue weighted by atomic mass is 14.9. The van der Waals surface area contributed by atoms with Crippen LogP contribution in [-0.4, -0.2) is 6.54 Å². The molecule has 1 heteroatoms. The van der Waals surface area contributed by atoms with E-state index in [2.05, 4.69) is 44.3 Å². The van der Waals surface area contributed by atoms with Crippen molar-refractivity contribution in [2.45, 2.75) is 52.9 Å². The van der Waals surface area contributed by atoms with Crippen LogP contribution in [0.3, 0.4) is 0 Å². The van der Waals surface area contributed by atoms with Crippen molar-refractivity contribution in [1.29, 1.82) is 0 Å². The second kappa shape index (κ2) is 7.32. The number of hydrogen-bond acceptors (Lipinski definition) is 1. The Kier molecular flexibility index (Phi) is 5.99. The van der Waals surface area contributed by atoms with Gasteiger partial charge in [-0.1, -0.05) is 38.7 Å². The van der Waals surface area contributed by atoms with Crippen molar-refractivity contribution in [3.05, 3.63) is 29.3 Å². The Balaban J connectivity index is 2.21. The lowest BCUT2D eigenvalue weighted by Crippen LogP contribution is -2.01. The molecule has 0 atom stereocenters. The molecule has 0 radical (unpaired) electrons. The maximum absolute atomic E-state index is 3.50. The molecule has 0 aromatic heterocycles. The van der Waals surface area contributed by atoms with Crippen molar-refractivity contribution in [1.82, 2.24) is 0 Å². The molecule has 16 heavy (non-hydrogen) atoms. The smallest absolute Gasteiger partial charge is 0.0345 e. The predicted molar refractivity (Wildman–Crippen MR) is 73.2 cm³/mol. The molecule has 0 aliphatic rings. The number of aryl methyl sites for hydroxylation is 2. The summed E-state index contributed by atoms with van der Waals surface area (Å²) in [6, 6.07) is 6.66. The molecule has 1 aromatic rings. The van der Waals surface area contributed by atoms with Gasteiger partial charge in [-0.15, -0.1) is 0 Å². The van der Waals surface area contributed by atoms with E-state index in [4.69, 9.17) is 0 Å². The van der Waals surface area contributed by atoms with E-state index >= 15 is 0 Å². The van der Waals surface area contributed by atoms with E-state index < -0.39 is 0 Å². The number of anilines is 1. The molecule has 1 rings (SSSR count). The summed E-state index contributed by atoms with van der Waals surface area (Å²) in [5.74, 6) is 0. The summed E-state index contributed by atoms with van der Waals surface area (Å²) in [6.45, 7) is 7.67. The van der Waals surface area contributed by atoms with E-state index in [9.17, 15) is 0 Å². The van der Waals surface area contributed by atoms with Crippen LogP contribution in [0, 0.1) is 13.8 Å². The predicted octanol–water partition coefficient (Wildman–Crippen LogP) is 4.69. The third kappa shape index (κ3) is 5.20. The fourth-order valence-electron chi connectivity index (χ4n) is 2.04. The monoisotopic (exact) mass is 219 g/mol. The lowest BCUT2D eigenvalue weighted by atomic mass is 10.1. The van der Waals surface area contributed by atoms with Crippen LogP contribution in [0.2, 0.25) is 0 Å². The summed E-state index contributed by atoms with van der Waals surface area (Å²) >= 11 is 0. The molecule has 0 aliphatic carbocycles. The number of hydrogen-bond donors (Lipinski definition) is 1. The van der Waals surface area contributed by atoms with E-state index in [1.165, 1.54) is 48.9 Å². The zero-order valence-corrected chi connectivity index (χ0v) is 11.0. The molecule has 1 aromatic carbocycles. The maximum atomic E-state index is 3.50. The zero-order chi connectivity index (χ0) is 11.8. The van der Waals surface area contributed by atoms with Crippen LogP contribution in [0.5, 0.6) is 0 Å². The van der Waals surface area contributed by atoms with Gasteiger partial charge >= 0.3 is 0 Å². The van der Waals surface area contributed by atoms with Crippen molar-refractivity contribution in [3.8, 4) is 0 Å². The van der Waals surface area contributed by atoms with Crippen LogP contribution < -0.4 is 5.32 Å². The van der Waals surface area contributed by atoms with Crippen LogP contribution in [-0.2, 0) is 0 Å². The summed E-state index contributed by atoms with van der Waals surface area (Å²) in [4.78, 5) is 0. The van der Waals surface area contributed by atoms with Gasteiger partial charge in [-0.2, -0.15) is 0 Å². The SMILES string of the molecule is CCCCCCCNc1cc(C)cc(C)c1. The fourth-order valence-corrected chi connectivity index (χ4v) is 2.04. The first-order valence-electron chi connectivity index (χ1n) is 6.54. The maximum Gasteiger partial charge on any atom is 0.0345 e. The van der Waals surface area contributed by atoms with Crippen LogP contribution in [0.4, 0.5) is 5.69 Å². The molecule has 0 saturated heterocycles. The zero-order valence-electron chi connectivity index (χ0n) is 11.0. The van der Waals surface area contributed by atoms with Crippen molar-refractivity contribution in [2.75, 3.05) is 11.9 Å². The standard InChI is InChI=1S/C15H25N/c1-4-5-6-7-8-9-16-15-11-13(2)10-14(3)12-15/h10-12,16H,4-9H2,1-3H3. The lowest BCUT2D eigenvalue weighted by molar-refractivity contribution is 0.645. The number of rotatable bonds is 7. The largest absolute Gasteiger partial charge is 0.385 e. The van der Waals surface area contributed by atoms with Crippen molar-refractivity contribution >= 4 is 5.69 Å². The van der Waals surface area contributed by atoms with E-state index in [1.807, 2.05) is 0 Å². The molecule has 0 unspecified atom stereocenters. The van der Waals surface area contributed by atoms with Crippen molar-refractivity contribution in [3.63, 3.8) is 0 Å². The van der Waals surface area contributed by atoms with E-state index in [1.54, 1.807) is 0 Å². The molecule has 0 fully saturated rings. The first-order chi connectivity index (χ1) is 7.72. The summed E-state index contributed by atoms with van der Waals surface area (Å²) in [7, 11) is 0. The Bertz CT molecular complexity index is 284. The first-order valence-corrected chi connectivity index (χ1v) is 6.54. The molecule has 0 heterocycles. The van der Waals surface area contributed by atoms with Crippen LogP contribution >= 0.6 is 0 Å². The summed E-state index contributed by atoms with van der Waals surface area (Å²) < 4.78 is 0. The van der Waals surface area contributed by atoms with Gasteiger partial charge in [0.05, 0.1) is 0 Å². The van der Waals surface area contributed by atoms with Gasteiger partial charge in [-0.25, -0.2) is 0 Å². The summed E-state index contributed by atoms with van der Waals surface area (Å²) in [6.07, 6.45) is 6.72. The Morgan fingerprint density at radius 2 is 1.50 bits per heavy atom. The van der Waals surface area contributed by atoms with Crippen molar-refractivity contribution in [2.24, 2.45) is 0 Å². The Morgan fingerprint density at radius 3 is 2.12 bits per heavy atom. The Labute approximate surface area is 100 Å². The van der Waals surface area contributed by atoms with E-state index in [-0.39, 0.29) is 0 Å². The molecular formula is C15H25N. The van der Waals surface area contributed by atoms with Gasteiger partial charge in [0, 0.05) is 12.2 Å². The molecular weight excluding hydrogens is 194 g/mol. The summed E-state index contributed by atoms with van der Waals surface area (Å²) in [5, 5.41) is 3.50. The van der Waals surface area contributed by atoms with Gasteiger partial charge in [-0.3, -0.25) is 0 Å². The molecule has 0 aliphatic heterocycles. The molecule has 0 amide bonds. The third-order valence-corrected chi connectivity index (χ3v) is 2.83. The molecule has 1 N–H and O–H groups in total. The first kappa shape index (κ1) is 13.1. The number of nitrogens with one attached hydrogen (secondary N) is 1. The van der Waals surface area contributed by atoms with Gasteiger partial charge in [0.25, 0.3) is 0 Å². The van der Waals surface area contributed by atoms with Gasteiger partial charge in [-0.05, 0) is 43.5 Å². The average Bonchev–Trinajstić information content (AvgIpc) is 2.22. The van der Waals surface area contributed by atoms with Crippen LogP contribution in [0.25, 0.3) is 0 Å². The highest BCUT2D eigenvalue weighted by Gasteiger charge is 1.95. The Hall–Kier alpha value is -0.980. The minimum atomic E-state index is 1.10. The highest BCUT2D eigenvalue weighted by molar-refractivity contribution is 5.48. The summed E-state index contributed by atoms with van der Waals surface area (Å²) in [5.41, 5.74) is 3.95. The molecule has 0 spiro atoms. The normalized spacial score (nSPS) is 10.4. The van der Waals surface area contributed by atoms with E-state index in [0.29, 0.717) is 0 Å². The number of benzene rings is 1. The second-order valence-electron chi connectivity index (χ2n) is 4.72. The fraction of sp³-hybridized carbons (Fsp3) is 0.600. The topological polar surface area (TPSA) is 12.0 Å². The van der Waals surface area contributed by atoms with Gasteiger partial charge in [0.15, 0.2) is 0 Å². The molecule has 0 saturated carbocycles. The van der Waals surface area contributed by atoms with E-state index in [0.717, 1.165) is 6.54 Å². The molecule has 90 valence electrons. The van der Waals surface area contributed by atoms with Gasteiger partial charge < -0.3 is 5.32 Å². The van der Waals surface area contributed by atoms with Gasteiger partial charge in [0.2, 0.25) is 0 Å². The third-order valence-electron chi connectivity index (χ3n) is 2.83. The van der Waals surface area contributed by atoms with Crippen LogP contribution in [0.15, 0.2) is 18.2 Å². The highest BCUT2D eigenvalue weighted by Crippen LogP contribution is 2.14. The molecule has 1 nitrogen and oxygen atoms in total. The van der Waals surface area contributed by atoms with Gasteiger partial charge in [0.1, 0.15) is 0 Å². The minimum absolute atomic E-state index is 1.10. The average molecular weight is 219 g/mol. The minimum Gasteiger partial charge on any atom is -0.385 e. The lowest BCUT2D eigenvalue weighted by Gasteiger charge is -2.08. The second-order valence-corrected chi connectivity index (χ2v) is 4.72. The quantitative estimate of drug-likeness (QED) is 0.656.